The number of urea groups is 1. The molecule has 0 spiro atoms. The third kappa shape index (κ3) is 5.72. The maximum Gasteiger partial charge on any atom is 0.350 e. The number of hydrogen-bond donors (Lipinski definition) is 7. The highest BCUT2D eigenvalue weighted by molar-refractivity contribution is 8.02. The predicted octanol–water partition coefficient (Wildman–Crippen LogP) is 0.0257. The van der Waals surface area contributed by atoms with Crippen LogP contribution in [0.1, 0.15) is 36.8 Å². The molecule has 4 atom stereocenters. The number of halogens is 1. The van der Waals surface area contributed by atoms with E-state index in [9.17, 15) is 49.2 Å². The molecule has 256 valence electrons. The van der Waals surface area contributed by atoms with Crippen molar-refractivity contribution in [3.63, 3.8) is 0 Å². The number of aromatic hydroxyl groups is 2. The van der Waals surface area contributed by atoms with Gasteiger partial charge in [-0.3, -0.25) is 24.7 Å². The summed E-state index contributed by atoms with van der Waals surface area (Å²) >= 11 is 7.66. The van der Waals surface area contributed by atoms with Gasteiger partial charge in [0.15, 0.2) is 22.3 Å². The number of aromatic nitrogens is 1. The van der Waals surface area contributed by atoms with Crippen LogP contribution in [0.3, 0.4) is 0 Å². The average Bonchev–Trinajstić information content (AvgIpc) is 3.69. The van der Waals surface area contributed by atoms with Gasteiger partial charge in [-0.2, -0.15) is 0 Å². The molecular weight excluding hydrogens is 700 g/mol. The third-order valence-electron chi connectivity index (χ3n) is 7.64. The summed E-state index contributed by atoms with van der Waals surface area (Å²) in [6, 6.07) is -0.845. The molecule has 19 nitrogen and oxygen atoms in total. The molecule has 0 aliphatic carbocycles. The number of amides is 5. The fourth-order valence-electron chi connectivity index (χ4n) is 4.92. The number of carbonyl (C=O) groups is 6. The van der Waals surface area contributed by atoms with E-state index in [4.69, 9.17) is 22.2 Å². The van der Waals surface area contributed by atoms with Crippen molar-refractivity contribution in [3.8, 4) is 11.5 Å². The largest absolute Gasteiger partial charge is 0.504 e. The minimum Gasteiger partial charge on any atom is -0.504 e. The number of phenols is 2. The number of fused-ring (bicyclic) bond motifs is 1. The Kier molecular flexibility index (Phi) is 8.73. The van der Waals surface area contributed by atoms with E-state index >= 15 is 0 Å². The molecule has 0 saturated carbocycles. The summed E-state index contributed by atoms with van der Waals surface area (Å²) in [5.41, 5.74) is 5.35. The number of carboxylic acids is 2. The Balaban J connectivity index is 1.34. The Bertz CT molecular complexity index is 1790. The Morgan fingerprint density at radius 1 is 1.21 bits per heavy atom. The van der Waals surface area contributed by atoms with Crippen molar-refractivity contribution in [2.75, 3.05) is 18.8 Å². The van der Waals surface area contributed by atoms with Crippen molar-refractivity contribution >= 4 is 81.2 Å². The minimum absolute atomic E-state index is 0.0607. The van der Waals surface area contributed by atoms with Crippen molar-refractivity contribution in [2.45, 2.75) is 48.7 Å². The number of β-lactam (4-membered cyclic amide) rings is 1. The van der Waals surface area contributed by atoms with Gasteiger partial charge in [0.25, 0.3) is 11.8 Å². The number of rotatable bonds is 10. The second-order valence-electron chi connectivity index (χ2n) is 11.3. The van der Waals surface area contributed by atoms with Gasteiger partial charge in [0.2, 0.25) is 16.4 Å². The van der Waals surface area contributed by atoms with Crippen molar-refractivity contribution in [1.82, 2.24) is 30.5 Å². The van der Waals surface area contributed by atoms with Crippen molar-refractivity contribution in [2.24, 2.45) is 5.16 Å². The fraction of sp³-hybridized carbons (Fsp3) is 0.385. The van der Waals surface area contributed by atoms with Gasteiger partial charge in [-0.25, -0.2) is 24.4 Å². The Morgan fingerprint density at radius 2 is 1.90 bits per heavy atom. The Morgan fingerprint density at radius 3 is 2.50 bits per heavy atom. The van der Waals surface area contributed by atoms with E-state index in [-0.39, 0.29) is 22.9 Å². The molecule has 0 radical (unpaired) electrons. The summed E-state index contributed by atoms with van der Waals surface area (Å²) in [5, 5.41) is 46.3. The standard InChI is InChI=1S/C26H27ClN8O11S2/c1-9-6-34(24(45)35(9)31-17(38)10-4-5-12(36)16(37)13(10)27)26(22(43)44)8-33-19(40)15(20(33)48-26)30-18(39)14(11-7-47-23(28)29-11)32-46-25(2,3)21(41)42/h4-5,7,9,15,20,36-37H,6,8H2,1-3H3,(H2,28,29)(H,30,39)(H,31,38)(H,41,42)(H,43,44)/b32-14-/t9-,15+,20+,26+/m0/s1. The summed E-state index contributed by atoms with van der Waals surface area (Å²) in [6.07, 6.45) is 0. The number of hydrazine groups is 1. The number of nitrogens with one attached hydrogen (secondary N) is 2. The molecule has 8 N–H and O–H groups in total. The highest BCUT2D eigenvalue weighted by atomic mass is 35.5. The van der Waals surface area contributed by atoms with Gasteiger partial charge < -0.3 is 41.2 Å². The molecule has 48 heavy (non-hydrogen) atoms. The topological polar surface area (TPSA) is 278 Å². The molecule has 22 heteroatoms. The van der Waals surface area contributed by atoms with Gasteiger partial charge in [0, 0.05) is 11.9 Å². The monoisotopic (exact) mass is 726 g/mol. The zero-order valence-corrected chi connectivity index (χ0v) is 27.4. The number of thiazole rings is 1. The quantitative estimate of drug-likeness (QED) is 0.0736. The highest BCUT2D eigenvalue weighted by Crippen LogP contribution is 2.50. The SMILES string of the molecule is C[C@H]1CN([C@]2(C(=O)O)CN3C(=O)[C@@H](NC(=O)/C(=N\OC(C)(C)C(=O)O)c4csc(N)n4)[C@H]3S2)C(=O)N1NC(=O)c1ccc(O)c(O)c1Cl. The Labute approximate surface area is 283 Å². The smallest absolute Gasteiger partial charge is 0.350 e. The number of aliphatic carboxylic acids is 2. The average molecular weight is 727 g/mol. The van der Waals surface area contributed by atoms with Crippen LogP contribution in [0.4, 0.5) is 9.93 Å². The van der Waals surface area contributed by atoms with Crippen LogP contribution in [0.25, 0.3) is 0 Å². The van der Waals surface area contributed by atoms with Crippen LogP contribution in [-0.4, -0.2) is 123 Å². The number of benzene rings is 1. The number of anilines is 1. The van der Waals surface area contributed by atoms with Gasteiger partial charge in [-0.1, -0.05) is 28.5 Å². The van der Waals surface area contributed by atoms with Gasteiger partial charge in [-0.05, 0) is 32.9 Å². The maximum absolute atomic E-state index is 13.6. The number of phenolic OH excluding ortho intramolecular Hbond substituents is 2. The molecule has 2 aromatic rings. The number of oxime groups is 1. The molecule has 5 amide bonds. The number of nitrogen functional groups attached to an aromatic ring is 1. The summed E-state index contributed by atoms with van der Waals surface area (Å²) in [7, 11) is 0. The van der Waals surface area contributed by atoms with Gasteiger partial charge in [0.05, 0.1) is 23.2 Å². The van der Waals surface area contributed by atoms with E-state index in [2.05, 4.69) is 20.9 Å². The fourth-order valence-corrected chi connectivity index (χ4v) is 7.33. The lowest BCUT2D eigenvalue weighted by atomic mass is 10.1. The molecule has 3 aliphatic heterocycles. The number of nitrogens with two attached hydrogens (primary N) is 1. The minimum atomic E-state index is -2.03. The van der Waals surface area contributed by atoms with Crippen molar-refractivity contribution < 1.29 is 54.0 Å². The second kappa shape index (κ2) is 12.2. The van der Waals surface area contributed by atoms with E-state index in [1.165, 1.54) is 31.1 Å². The number of nitrogens with zero attached hydrogens (tertiary/aromatic N) is 5. The van der Waals surface area contributed by atoms with Crippen LogP contribution < -0.4 is 16.5 Å². The molecule has 1 aromatic heterocycles. The van der Waals surface area contributed by atoms with E-state index < -0.39 is 92.4 Å². The molecule has 1 aromatic carbocycles. The molecule has 0 unspecified atom stereocenters. The third-order valence-corrected chi connectivity index (χ3v) is 10.4. The zero-order valence-electron chi connectivity index (χ0n) is 25.0. The van der Waals surface area contributed by atoms with Gasteiger partial charge in [0.1, 0.15) is 17.1 Å². The first kappa shape index (κ1) is 34.3. The summed E-state index contributed by atoms with van der Waals surface area (Å²) in [4.78, 5) is 86.5. The molecular formula is C26H27ClN8O11S2. The summed E-state index contributed by atoms with van der Waals surface area (Å²) < 4.78 is 0. The van der Waals surface area contributed by atoms with Crippen molar-refractivity contribution in [3.05, 3.63) is 33.8 Å². The van der Waals surface area contributed by atoms with E-state index in [0.717, 1.165) is 45.1 Å². The number of carboxylic acid groups (broad SMARTS) is 2. The summed E-state index contributed by atoms with van der Waals surface area (Å²) in [6.45, 7) is 3.26. The van der Waals surface area contributed by atoms with Crippen molar-refractivity contribution in [1.29, 1.82) is 0 Å². The molecule has 3 aliphatic rings. The first-order valence-corrected chi connectivity index (χ1v) is 15.9. The van der Waals surface area contributed by atoms with Crippen LogP contribution in [0.15, 0.2) is 22.7 Å². The lowest BCUT2D eigenvalue weighted by Gasteiger charge is -2.41. The number of carbonyl (C=O) groups excluding carboxylic acids is 4. The molecule has 4 heterocycles. The normalized spacial score (nSPS) is 23.9. The van der Waals surface area contributed by atoms with E-state index in [0.29, 0.717) is 0 Å². The Hall–Kier alpha value is -5.02. The molecule has 3 fully saturated rings. The lowest BCUT2D eigenvalue weighted by molar-refractivity contribution is -0.161. The van der Waals surface area contributed by atoms with E-state index in [1.807, 2.05) is 0 Å². The van der Waals surface area contributed by atoms with Crippen LogP contribution in [-0.2, 0) is 24.0 Å². The summed E-state index contributed by atoms with van der Waals surface area (Å²) in [5.74, 6) is -6.77. The van der Waals surface area contributed by atoms with Crippen LogP contribution in [0.5, 0.6) is 11.5 Å². The molecule has 3 saturated heterocycles. The first-order valence-electron chi connectivity index (χ1n) is 13.8. The maximum atomic E-state index is 13.6. The van der Waals surface area contributed by atoms with Crippen LogP contribution in [0.2, 0.25) is 5.02 Å². The predicted molar refractivity (Wildman–Crippen MR) is 167 cm³/mol. The lowest BCUT2D eigenvalue weighted by Crippen LogP contribution is -2.68. The first-order chi connectivity index (χ1) is 22.4. The van der Waals surface area contributed by atoms with Gasteiger partial charge >= 0.3 is 18.0 Å². The van der Waals surface area contributed by atoms with Gasteiger partial charge in [-0.15, -0.1) is 11.3 Å². The zero-order chi connectivity index (χ0) is 35.5. The highest BCUT2D eigenvalue weighted by Gasteiger charge is 2.67. The molecule has 5 rings (SSSR count). The second-order valence-corrected chi connectivity index (χ2v) is 13.9. The number of thioether (sulfide) groups is 1. The van der Waals surface area contributed by atoms with Crippen LogP contribution >= 0.6 is 34.7 Å². The number of hydrogen-bond acceptors (Lipinski definition) is 14. The van der Waals surface area contributed by atoms with E-state index in [1.54, 1.807) is 0 Å². The molecule has 0 bridgehead atoms. The van der Waals surface area contributed by atoms with Crippen LogP contribution in [0, 0.1) is 0 Å².